The van der Waals surface area contributed by atoms with Gasteiger partial charge in [0.15, 0.2) is 5.12 Å². The average Bonchev–Trinajstić information content (AvgIpc) is 2.78. The maximum absolute atomic E-state index is 10.8. The number of fused-ring (bicyclic) bond motifs is 1. The molecule has 0 bridgehead atoms. The van der Waals surface area contributed by atoms with E-state index in [1.807, 2.05) is 42.1 Å². The SMILES string of the molecule is CC(=O)SCCC(O)C(O)c1ccc2c(ccn2C)c1. The lowest BCUT2D eigenvalue weighted by molar-refractivity contribution is -0.109. The normalized spacial score (nSPS) is 14.4. The second-order valence-electron chi connectivity index (χ2n) is 4.89. The van der Waals surface area contributed by atoms with Crippen LogP contribution < -0.4 is 0 Å². The number of carbonyl (C=O) groups is 1. The van der Waals surface area contributed by atoms with Gasteiger partial charge < -0.3 is 14.8 Å². The van der Waals surface area contributed by atoms with Gasteiger partial charge in [-0.05, 0) is 35.6 Å². The van der Waals surface area contributed by atoms with Gasteiger partial charge in [0.2, 0.25) is 0 Å². The monoisotopic (exact) mass is 293 g/mol. The summed E-state index contributed by atoms with van der Waals surface area (Å²) in [5.74, 6) is 0.515. The van der Waals surface area contributed by atoms with Gasteiger partial charge in [-0.25, -0.2) is 0 Å². The molecular formula is C15H19NO3S. The fourth-order valence-corrected chi connectivity index (χ4v) is 2.83. The molecule has 1 aromatic carbocycles. The molecule has 0 aliphatic carbocycles. The Labute approximate surface area is 122 Å². The molecule has 0 amide bonds. The second kappa shape index (κ2) is 6.43. The summed E-state index contributed by atoms with van der Waals surface area (Å²) in [4.78, 5) is 10.8. The van der Waals surface area contributed by atoms with Crippen LogP contribution in [0.2, 0.25) is 0 Å². The van der Waals surface area contributed by atoms with E-state index in [1.165, 1.54) is 6.92 Å². The number of aryl methyl sites for hydroxylation is 1. The molecule has 0 radical (unpaired) electrons. The van der Waals surface area contributed by atoms with Gasteiger partial charge in [-0.1, -0.05) is 17.8 Å². The Hall–Kier alpha value is -1.30. The number of hydrogen-bond donors (Lipinski definition) is 2. The lowest BCUT2D eigenvalue weighted by atomic mass is 10.0. The van der Waals surface area contributed by atoms with Crippen LogP contribution in [0.5, 0.6) is 0 Å². The third-order valence-electron chi connectivity index (χ3n) is 3.33. The first-order valence-electron chi connectivity index (χ1n) is 6.53. The topological polar surface area (TPSA) is 62.5 Å². The quantitative estimate of drug-likeness (QED) is 0.887. The minimum Gasteiger partial charge on any atom is -0.390 e. The first kappa shape index (κ1) is 15.1. The predicted octanol–water partition coefficient (Wildman–Crippen LogP) is 2.24. The van der Waals surface area contributed by atoms with Crippen LogP contribution in [-0.2, 0) is 11.8 Å². The number of rotatable bonds is 5. The van der Waals surface area contributed by atoms with Crippen LogP contribution in [0.4, 0.5) is 0 Å². The molecule has 1 heterocycles. The Kier molecular flexibility index (Phi) is 4.86. The zero-order chi connectivity index (χ0) is 14.7. The van der Waals surface area contributed by atoms with E-state index in [0.29, 0.717) is 17.7 Å². The van der Waals surface area contributed by atoms with Crippen LogP contribution in [0.3, 0.4) is 0 Å². The molecule has 2 aromatic rings. The minimum absolute atomic E-state index is 0.0254. The Balaban J connectivity index is 2.06. The number of nitrogens with zero attached hydrogens (tertiary/aromatic N) is 1. The maximum atomic E-state index is 10.8. The van der Waals surface area contributed by atoms with Crippen LogP contribution in [0.25, 0.3) is 10.9 Å². The van der Waals surface area contributed by atoms with Crippen molar-refractivity contribution < 1.29 is 15.0 Å². The van der Waals surface area contributed by atoms with Gasteiger partial charge in [0, 0.05) is 31.4 Å². The largest absolute Gasteiger partial charge is 0.390 e. The number of aromatic nitrogens is 1. The number of carbonyl (C=O) groups excluding carboxylic acids is 1. The van der Waals surface area contributed by atoms with Gasteiger partial charge >= 0.3 is 0 Å². The first-order chi connectivity index (χ1) is 9.49. The molecular weight excluding hydrogens is 274 g/mol. The number of thioether (sulfide) groups is 1. The van der Waals surface area contributed by atoms with E-state index < -0.39 is 12.2 Å². The van der Waals surface area contributed by atoms with Gasteiger partial charge in [0.05, 0.1) is 6.10 Å². The Bertz CT molecular complexity index is 608. The molecule has 0 saturated carbocycles. The summed E-state index contributed by atoms with van der Waals surface area (Å²) in [6.07, 6.45) is 0.564. The summed E-state index contributed by atoms with van der Waals surface area (Å²) in [6, 6.07) is 7.63. The average molecular weight is 293 g/mol. The first-order valence-corrected chi connectivity index (χ1v) is 7.52. The summed E-state index contributed by atoms with van der Waals surface area (Å²) in [7, 11) is 1.96. The molecule has 0 fully saturated rings. The smallest absolute Gasteiger partial charge is 0.185 e. The van der Waals surface area contributed by atoms with E-state index in [4.69, 9.17) is 0 Å². The van der Waals surface area contributed by atoms with Crippen molar-refractivity contribution in [3.63, 3.8) is 0 Å². The number of hydrogen-bond acceptors (Lipinski definition) is 4. The Morgan fingerprint density at radius 2 is 2.10 bits per heavy atom. The Morgan fingerprint density at radius 3 is 2.80 bits per heavy atom. The number of benzene rings is 1. The highest BCUT2D eigenvalue weighted by molar-refractivity contribution is 8.13. The molecule has 2 rings (SSSR count). The van der Waals surface area contributed by atoms with Crippen LogP contribution in [-0.4, -0.2) is 31.8 Å². The third-order valence-corrected chi connectivity index (χ3v) is 4.18. The Morgan fingerprint density at radius 1 is 1.35 bits per heavy atom. The summed E-state index contributed by atoms with van der Waals surface area (Å²) in [6.45, 7) is 1.50. The van der Waals surface area contributed by atoms with Crippen LogP contribution in [0.15, 0.2) is 30.5 Å². The van der Waals surface area contributed by atoms with Crippen molar-refractivity contribution in [2.45, 2.75) is 25.6 Å². The van der Waals surface area contributed by atoms with Crippen molar-refractivity contribution in [3.8, 4) is 0 Å². The lowest BCUT2D eigenvalue weighted by Gasteiger charge is -2.18. The van der Waals surface area contributed by atoms with E-state index in [1.54, 1.807) is 0 Å². The molecule has 5 heteroatoms. The highest BCUT2D eigenvalue weighted by atomic mass is 32.2. The van der Waals surface area contributed by atoms with Crippen molar-refractivity contribution in [2.24, 2.45) is 7.05 Å². The lowest BCUT2D eigenvalue weighted by Crippen LogP contribution is -2.19. The van der Waals surface area contributed by atoms with Gasteiger partial charge in [0.1, 0.15) is 6.10 Å². The fraction of sp³-hybridized carbons (Fsp3) is 0.400. The van der Waals surface area contributed by atoms with Crippen molar-refractivity contribution in [1.29, 1.82) is 0 Å². The van der Waals surface area contributed by atoms with E-state index in [-0.39, 0.29) is 5.12 Å². The van der Waals surface area contributed by atoms with Gasteiger partial charge in [-0.15, -0.1) is 0 Å². The van der Waals surface area contributed by atoms with Crippen molar-refractivity contribution in [2.75, 3.05) is 5.75 Å². The van der Waals surface area contributed by atoms with Gasteiger partial charge in [-0.3, -0.25) is 4.79 Å². The molecule has 0 saturated heterocycles. The predicted molar refractivity (Wildman–Crippen MR) is 81.6 cm³/mol. The molecule has 2 unspecified atom stereocenters. The highest BCUT2D eigenvalue weighted by Gasteiger charge is 2.18. The van der Waals surface area contributed by atoms with Crippen LogP contribution >= 0.6 is 11.8 Å². The van der Waals surface area contributed by atoms with E-state index in [0.717, 1.165) is 22.7 Å². The molecule has 20 heavy (non-hydrogen) atoms. The minimum atomic E-state index is -0.924. The summed E-state index contributed by atoms with van der Waals surface area (Å²) >= 11 is 1.16. The van der Waals surface area contributed by atoms with E-state index in [2.05, 4.69) is 0 Å². The summed E-state index contributed by atoms with van der Waals surface area (Å²) in [5.41, 5.74) is 1.78. The molecule has 2 atom stereocenters. The van der Waals surface area contributed by atoms with E-state index >= 15 is 0 Å². The molecule has 4 nitrogen and oxygen atoms in total. The van der Waals surface area contributed by atoms with Crippen molar-refractivity contribution >= 4 is 27.8 Å². The number of aliphatic hydroxyl groups excluding tert-OH is 2. The molecule has 0 aliphatic heterocycles. The van der Waals surface area contributed by atoms with Crippen LogP contribution in [0, 0.1) is 0 Å². The van der Waals surface area contributed by atoms with Crippen molar-refractivity contribution in [3.05, 3.63) is 36.0 Å². The van der Waals surface area contributed by atoms with Crippen LogP contribution in [0.1, 0.15) is 25.0 Å². The van der Waals surface area contributed by atoms with Crippen molar-refractivity contribution in [1.82, 2.24) is 4.57 Å². The molecule has 2 N–H and O–H groups in total. The highest BCUT2D eigenvalue weighted by Crippen LogP contribution is 2.24. The molecule has 0 spiro atoms. The summed E-state index contributed by atoms with van der Waals surface area (Å²) in [5, 5.41) is 21.2. The molecule has 108 valence electrons. The standard InChI is InChI=1S/C15H19NO3S/c1-10(17)20-8-6-14(18)15(19)12-3-4-13-11(9-12)5-7-16(13)2/h3-5,7,9,14-15,18-19H,6,8H2,1-2H3. The zero-order valence-electron chi connectivity index (χ0n) is 11.6. The maximum Gasteiger partial charge on any atom is 0.185 e. The van der Waals surface area contributed by atoms with Gasteiger partial charge in [-0.2, -0.15) is 0 Å². The van der Waals surface area contributed by atoms with Gasteiger partial charge in [0.25, 0.3) is 0 Å². The second-order valence-corrected chi connectivity index (χ2v) is 6.16. The summed E-state index contributed by atoms with van der Waals surface area (Å²) < 4.78 is 2.01. The fourth-order valence-electron chi connectivity index (χ4n) is 2.19. The third kappa shape index (κ3) is 3.42. The van der Waals surface area contributed by atoms with E-state index in [9.17, 15) is 15.0 Å². The number of aliphatic hydroxyl groups is 2. The zero-order valence-corrected chi connectivity index (χ0v) is 12.4. The molecule has 1 aromatic heterocycles. The molecule has 0 aliphatic rings.